The summed E-state index contributed by atoms with van der Waals surface area (Å²) in [6.07, 6.45) is 7.30. The number of aromatic nitrogens is 2. The van der Waals surface area contributed by atoms with Crippen LogP contribution in [0.25, 0.3) is 0 Å². The molecule has 2 aliphatic heterocycles. The van der Waals surface area contributed by atoms with Gasteiger partial charge in [0.25, 0.3) is 5.91 Å². The van der Waals surface area contributed by atoms with E-state index in [2.05, 4.69) is 10.00 Å². The minimum absolute atomic E-state index is 0.159. The lowest BCUT2D eigenvalue weighted by Gasteiger charge is -2.37. The number of amides is 1. The Balaban J connectivity index is 1.56. The molecule has 3 aliphatic rings. The van der Waals surface area contributed by atoms with Crippen molar-refractivity contribution in [2.24, 2.45) is 7.05 Å². The van der Waals surface area contributed by atoms with Crippen LogP contribution in [0, 0.1) is 0 Å². The molecule has 1 aromatic heterocycles. The van der Waals surface area contributed by atoms with Gasteiger partial charge in [0.1, 0.15) is 0 Å². The SMILES string of the molecule is Cn1nc(C(=O)N2CCSCC2)c2c1CCC(N1CCCCC1)C2. The molecule has 1 aromatic rings. The average molecular weight is 349 g/mol. The summed E-state index contributed by atoms with van der Waals surface area (Å²) in [6.45, 7) is 4.19. The number of carbonyl (C=O) groups excluding carboxylic acids is 1. The lowest BCUT2D eigenvalue weighted by molar-refractivity contribution is 0.0763. The summed E-state index contributed by atoms with van der Waals surface area (Å²) in [4.78, 5) is 17.7. The smallest absolute Gasteiger partial charge is 0.274 e. The van der Waals surface area contributed by atoms with Crippen LogP contribution >= 0.6 is 11.8 Å². The molecule has 1 aliphatic carbocycles. The molecular weight excluding hydrogens is 320 g/mol. The van der Waals surface area contributed by atoms with Crippen LogP contribution in [-0.2, 0) is 19.9 Å². The topological polar surface area (TPSA) is 41.4 Å². The monoisotopic (exact) mass is 348 g/mol. The summed E-state index contributed by atoms with van der Waals surface area (Å²) in [5.41, 5.74) is 3.27. The van der Waals surface area contributed by atoms with Crippen molar-refractivity contribution in [2.45, 2.75) is 44.6 Å². The number of fused-ring (bicyclic) bond motifs is 1. The highest BCUT2D eigenvalue weighted by Gasteiger charge is 2.33. The quantitative estimate of drug-likeness (QED) is 0.819. The molecule has 2 fully saturated rings. The van der Waals surface area contributed by atoms with Gasteiger partial charge in [-0.25, -0.2) is 0 Å². The first-order valence-corrected chi connectivity index (χ1v) is 10.6. The van der Waals surface area contributed by atoms with Gasteiger partial charge >= 0.3 is 0 Å². The number of carbonyl (C=O) groups is 1. The molecular formula is C18H28N4OS. The zero-order valence-electron chi connectivity index (χ0n) is 14.7. The van der Waals surface area contributed by atoms with Gasteiger partial charge in [-0.3, -0.25) is 9.48 Å². The molecule has 0 radical (unpaired) electrons. The third-order valence-corrected chi connectivity index (χ3v) is 6.78. The summed E-state index contributed by atoms with van der Waals surface area (Å²) in [6, 6.07) is 0.602. The summed E-state index contributed by atoms with van der Waals surface area (Å²) in [5.74, 6) is 2.26. The van der Waals surface area contributed by atoms with E-state index in [0.29, 0.717) is 6.04 Å². The second-order valence-electron chi connectivity index (χ2n) is 7.30. The minimum atomic E-state index is 0.159. The van der Waals surface area contributed by atoms with Gasteiger partial charge in [0.15, 0.2) is 5.69 Å². The summed E-state index contributed by atoms with van der Waals surface area (Å²) in [5, 5.41) is 4.65. The Hall–Kier alpha value is -1.01. The second kappa shape index (κ2) is 7.08. The van der Waals surface area contributed by atoms with Crippen molar-refractivity contribution >= 4 is 17.7 Å². The molecule has 0 aromatic carbocycles. The fraction of sp³-hybridized carbons (Fsp3) is 0.778. The van der Waals surface area contributed by atoms with Crippen molar-refractivity contribution in [1.82, 2.24) is 19.6 Å². The first-order chi connectivity index (χ1) is 11.7. The Morgan fingerprint density at radius 3 is 2.62 bits per heavy atom. The van der Waals surface area contributed by atoms with Gasteiger partial charge in [0.2, 0.25) is 0 Å². The maximum atomic E-state index is 13.0. The van der Waals surface area contributed by atoms with Gasteiger partial charge in [0, 0.05) is 48.9 Å². The van der Waals surface area contributed by atoms with E-state index in [4.69, 9.17) is 0 Å². The van der Waals surface area contributed by atoms with E-state index in [1.807, 2.05) is 28.4 Å². The fourth-order valence-electron chi connectivity index (χ4n) is 4.45. The number of hydrogen-bond acceptors (Lipinski definition) is 4. The number of thioether (sulfide) groups is 1. The van der Waals surface area contributed by atoms with Gasteiger partial charge < -0.3 is 9.80 Å². The van der Waals surface area contributed by atoms with E-state index in [1.54, 1.807) is 0 Å². The molecule has 3 heterocycles. The van der Waals surface area contributed by atoms with Crippen molar-refractivity contribution in [3.63, 3.8) is 0 Å². The molecule has 1 unspecified atom stereocenters. The average Bonchev–Trinajstić information content (AvgIpc) is 2.99. The predicted octanol–water partition coefficient (Wildman–Crippen LogP) is 1.95. The van der Waals surface area contributed by atoms with Crippen LogP contribution in [-0.4, -0.2) is 69.2 Å². The first kappa shape index (κ1) is 16.5. The van der Waals surface area contributed by atoms with Gasteiger partial charge in [-0.2, -0.15) is 16.9 Å². The van der Waals surface area contributed by atoms with Crippen LogP contribution in [0.1, 0.15) is 47.4 Å². The highest BCUT2D eigenvalue weighted by Crippen LogP contribution is 2.29. The normalized spacial score (nSPS) is 25.5. The van der Waals surface area contributed by atoms with Crippen molar-refractivity contribution in [1.29, 1.82) is 0 Å². The first-order valence-electron chi connectivity index (χ1n) is 9.40. The molecule has 0 bridgehead atoms. The standard InChI is InChI=1S/C18H28N4OS/c1-20-16-6-5-14(21-7-3-2-4-8-21)13-15(16)17(19-20)18(23)22-9-11-24-12-10-22/h14H,2-13H2,1H3. The number of piperidine rings is 1. The molecule has 1 atom stereocenters. The third kappa shape index (κ3) is 3.10. The lowest BCUT2D eigenvalue weighted by Crippen LogP contribution is -2.43. The Kier molecular flexibility index (Phi) is 4.86. The Morgan fingerprint density at radius 1 is 1.12 bits per heavy atom. The Morgan fingerprint density at radius 2 is 1.88 bits per heavy atom. The van der Waals surface area contributed by atoms with Crippen molar-refractivity contribution in [2.75, 3.05) is 37.7 Å². The number of likely N-dealkylation sites (tertiary alicyclic amines) is 1. The molecule has 132 valence electrons. The maximum Gasteiger partial charge on any atom is 0.274 e. The van der Waals surface area contributed by atoms with E-state index in [0.717, 1.165) is 43.1 Å². The zero-order valence-corrected chi connectivity index (χ0v) is 15.5. The molecule has 0 saturated carbocycles. The predicted molar refractivity (Wildman–Crippen MR) is 97.7 cm³/mol. The van der Waals surface area contributed by atoms with Crippen molar-refractivity contribution < 1.29 is 4.79 Å². The van der Waals surface area contributed by atoms with E-state index < -0.39 is 0 Å². The van der Waals surface area contributed by atoms with Crippen LogP contribution in [0.15, 0.2) is 0 Å². The van der Waals surface area contributed by atoms with Gasteiger partial charge in [-0.1, -0.05) is 6.42 Å². The summed E-state index contributed by atoms with van der Waals surface area (Å²) < 4.78 is 1.97. The molecule has 5 nitrogen and oxygen atoms in total. The molecule has 0 N–H and O–H groups in total. The highest BCUT2D eigenvalue weighted by molar-refractivity contribution is 7.99. The molecule has 2 saturated heterocycles. The Labute approximate surface area is 148 Å². The van der Waals surface area contributed by atoms with Gasteiger partial charge in [-0.05, 0) is 45.2 Å². The highest BCUT2D eigenvalue weighted by atomic mass is 32.2. The van der Waals surface area contributed by atoms with Crippen molar-refractivity contribution in [3.8, 4) is 0 Å². The molecule has 1 amide bonds. The zero-order chi connectivity index (χ0) is 16.5. The van der Waals surface area contributed by atoms with Crippen LogP contribution < -0.4 is 0 Å². The number of rotatable bonds is 2. The van der Waals surface area contributed by atoms with Gasteiger partial charge in [0.05, 0.1) is 0 Å². The fourth-order valence-corrected chi connectivity index (χ4v) is 5.36. The Bertz CT molecular complexity index is 602. The third-order valence-electron chi connectivity index (χ3n) is 5.84. The van der Waals surface area contributed by atoms with Crippen LogP contribution in [0.5, 0.6) is 0 Å². The summed E-state index contributed by atoms with van der Waals surface area (Å²) in [7, 11) is 2.00. The van der Waals surface area contributed by atoms with Crippen LogP contribution in [0.4, 0.5) is 0 Å². The minimum Gasteiger partial charge on any atom is -0.336 e. The lowest BCUT2D eigenvalue weighted by atomic mass is 9.89. The molecule has 24 heavy (non-hydrogen) atoms. The van der Waals surface area contributed by atoms with Crippen molar-refractivity contribution in [3.05, 3.63) is 17.0 Å². The number of nitrogens with zero attached hydrogens (tertiary/aromatic N) is 4. The number of aryl methyl sites for hydroxylation is 1. The van der Waals surface area contributed by atoms with E-state index in [-0.39, 0.29) is 5.91 Å². The van der Waals surface area contributed by atoms with E-state index >= 15 is 0 Å². The van der Waals surface area contributed by atoms with Gasteiger partial charge in [-0.15, -0.1) is 0 Å². The maximum absolute atomic E-state index is 13.0. The van der Waals surface area contributed by atoms with Crippen LogP contribution in [0.3, 0.4) is 0 Å². The summed E-state index contributed by atoms with van der Waals surface area (Å²) >= 11 is 1.94. The largest absolute Gasteiger partial charge is 0.336 e. The van der Waals surface area contributed by atoms with E-state index in [9.17, 15) is 4.79 Å². The molecule has 4 rings (SSSR count). The van der Waals surface area contributed by atoms with E-state index in [1.165, 1.54) is 50.0 Å². The number of hydrogen-bond donors (Lipinski definition) is 0. The molecule has 6 heteroatoms. The van der Waals surface area contributed by atoms with Crippen LogP contribution in [0.2, 0.25) is 0 Å². The molecule has 0 spiro atoms. The second-order valence-corrected chi connectivity index (χ2v) is 8.52.